The zero-order chi connectivity index (χ0) is 19.7. The lowest BCUT2D eigenvalue weighted by atomic mass is 10.3. The predicted molar refractivity (Wildman–Crippen MR) is 111 cm³/mol. The van der Waals surface area contributed by atoms with Crippen molar-refractivity contribution in [2.75, 3.05) is 49.1 Å². The molecular weight excluding hydrogens is 421 g/mol. The van der Waals surface area contributed by atoms with Crippen LogP contribution in [0.3, 0.4) is 0 Å². The Kier molecular flexibility index (Phi) is 5.64. The summed E-state index contributed by atoms with van der Waals surface area (Å²) in [4.78, 5) is 13.4. The zero-order valence-electron chi connectivity index (χ0n) is 15.3. The van der Waals surface area contributed by atoms with Crippen LogP contribution in [0.2, 0.25) is 10.0 Å². The number of halogens is 2. The largest absolute Gasteiger partial charge is 0.354 e. The Labute approximate surface area is 174 Å². The molecule has 10 heteroatoms. The van der Waals surface area contributed by atoms with Gasteiger partial charge >= 0.3 is 0 Å². The number of hydrogen-bond donors (Lipinski definition) is 0. The average Bonchev–Trinajstić information content (AvgIpc) is 3.25. The molecule has 0 atom stereocenters. The number of anilines is 2. The van der Waals surface area contributed by atoms with Crippen LogP contribution in [-0.4, -0.2) is 62.0 Å². The van der Waals surface area contributed by atoms with Gasteiger partial charge in [0, 0.05) is 50.5 Å². The van der Waals surface area contributed by atoms with Crippen molar-refractivity contribution in [3.63, 3.8) is 0 Å². The molecule has 0 spiro atoms. The van der Waals surface area contributed by atoms with E-state index < -0.39 is 10.0 Å². The third-order valence-electron chi connectivity index (χ3n) is 5.09. The first kappa shape index (κ1) is 19.7. The second-order valence-corrected chi connectivity index (χ2v) is 9.62. The molecular formula is C18H21Cl2N5O2S. The molecule has 4 rings (SSSR count). The monoisotopic (exact) mass is 441 g/mol. The van der Waals surface area contributed by atoms with Crippen molar-refractivity contribution in [2.45, 2.75) is 17.7 Å². The maximum Gasteiger partial charge on any atom is 0.244 e. The van der Waals surface area contributed by atoms with E-state index in [1.807, 2.05) is 6.07 Å². The highest BCUT2D eigenvalue weighted by Crippen LogP contribution is 2.29. The number of nitrogens with zero attached hydrogens (tertiary/aromatic N) is 5. The first-order valence-corrected chi connectivity index (χ1v) is 11.4. The van der Waals surface area contributed by atoms with E-state index in [1.165, 1.54) is 16.4 Å². The summed E-state index contributed by atoms with van der Waals surface area (Å²) in [5.74, 6) is 1.57. The maximum atomic E-state index is 13.0. The van der Waals surface area contributed by atoms with E-state index in [2.05, 4.69) is 19.8 Å². The number of aromatic nitrogens is 2. The molecule has 0 unspecified atom stereocenters. The predicted octanol–water partition coefficient (Wildman–Crippen LogP) is 2.89. The molecule has 3 heterocycles. The van der Waals surface area contributed by atoms with Gasteiger partial charge in [0.25, 0.3) is 0 Å². The van der Waals surface area contributed by atoms with Gasteiger partial charge in [-0.3, -0.25) is 0 Å². The van der Waals surface area contributed by atoms with E-state index in [-0.39, 0.29) is 9.92 Å². The van der Waals surface area contributed by atoms with Gasteiger partial charge in [-0.2, -0.15) is 9.29 Å². The Morgan fingerprint density at radius 2 is 1.61 bits per heavy atom. The van der Waals surface area contributed by atoms with Crippen LogP contribution in [0.15, 0.2) is 35.4 Å². The summed E-state index contributed by atoms with van der Waals surface area (Å²) >= 11 is 12.1. The average molecular weight is 442 g/mol. The highest BCUT2D eigenvalue weighted by atomic mass is 35.5. The molecule has 0 amide bonds. The molecule has 1 aromatic carbocycles. The second-order valence-electron chi connectivity index (χ2n) is 6.87. The molecule has 2 aliphatic heterocycles. The Bertz CT molecular complexity index is 958. The van der Waals surface area contributed by atoms with Crippen LogP contribution in [-0.2, 0) is 10.0 Å². The zero-order valence-corrected chi connectivity index (χ0v) is 17.6. The third-order valence-corrected chi connectivity index (χ3v) is 7.71. The molecule has 2 saturated heterocycles. The highest BCUT2D eigenvalue weighted by Gasteiger charge is 2.31. The van der Waals surface area contributed by atoms with Crippen molar-refractivity contribution in [2.24, 2.45) is 0 Å². The van der Waals surface area contributed by atoms with Crippen molar-refractivity contribution in [1.29, 1.82) is 0 Å². The van der Waals surface area contributed by atoms with Gasteiger partial charge in [-0.15, -0.1) is 0 Å². The maximum absolute atomic E-state index is 13.0. The van der Waals surface area contributed by atoms with Crippen LogP contribution in [0.1, 0.15) is 12.8 Å². The molecule has 0 bridgehead atoms. The van der Waals surface area contributed by atoms with Gasteiger partial charge in [-0.1, -0.05) is 23.2 Å². The molecule has 0 aliphatic carbocycles. The fourth-order valence-corrected chi connectivity index (χ4v) is 5.72. The molecule has 150 valence electrons. The number of sulfonamides is 1. The molecule has 7 nitrogen and oxygen atoms in total. The van der Waals surface area contributed by atoms with Gasteiger partial charge < -0.3 is 9.80 Å². The van der Waals surface area contributed by atoms with Gasteiger partial charge in [0.2, 0.25) is 16.0 Å². The topological polar surface area (TPSA) is 69.6 Å². The van der Waals surface area contributed by atoms with Crippen molar-refractivity contribution in [1.82, 2.24) is 14.3 Å². The first-order valence-electron chi connectivity index (χ1n) is 9.23. The van der Waals surface area contributed by atoms with E-state index in [0.717, 1.165) is 37.7 Å². The Hall–Kier alpha value is -1.61. The number of hydrogen-bond acceptors (Lipinski definition) is 6. The van der Waals surface area contributed by atoms with Crippen LogP contribution >= 0.6 is 23.2 Å². The van der Waals surface area contributed by atoms with Gasteiger partial charge in [0.1, 0.15) is 10.7 Å². The van der Waals surface area contributed by atoms with Crippen molar-refractivity contribution in [3.05, 3.63) is 40.5 Å². The van der Waals surface area contributed by atoms with E-state index in [4.69, 9.17) is 23.2 Å². The summed E-state index contributed by atoms with van der Waals surface area (Å²) in [7, 11) is -3.69. The minimum absolute atomic E-state index is 0.0495. The highest BCUT2D eigenvalue weighted by molar-refractivity contribution is 7.89. The van der Waals surface area contributed by atoms with Gasteiger partial charge in [0.05, 0.1) is 5.02 Å². The van der Waals surface area contributed by atoms with E-state index in [1.54, 1.807) is 12.3 Å². The van der Waals surface area contributed by atoms with E-state index >= 15 is 0 Å². The summed E-state index contributed by atoms with van der Waals surface area (Å²) in [5, 5.41) is 0.523. The molecule has 28 heavy (non-hydrogen) atoms. The lowest BCUT2D eigenvalue weighted by molar-refractivity contribution is 0.384. The molecule has 2 aromatic rings. The Morgan fingerprint density at radius 1 is 0.893 bits per heavy atom. The minimum atomic E-state index is -3.69. The third kappa shape index (κ3) is 3.91. The first-order chi connectivity index (χ1) is 13.4. The number of piperazine rings is 1. The fraction of sp³-hybridized carbons (Fsp3) is 0.444. The molecule has 0 radical (unpaired) electrons. The number of benzene rings is 1. The summed E-state index contributed by atoms with van der Waals surface area (Å²) in [5.41, 5.74) is 0. The van der Waals surface area contributed by atoms with E-state index in [9.17, 15) is 8.42 Å². The van der Waals surface area contributed by atoms with Crippen LogP contribution in [0.25, 0.3) is 0 Å². The SMILES string of the molecule is O=S(=O)(c1cc(Cl)ccc1Cl)N1CCN(c2ccnc(N3CCCC3)n2)CC1. The smallest absolute Gasteiger partial charge is 0.244 e. The summed E-state index contributed by atoms with van der Waals surface area (Å²) in [6.45, 7) is 3.77. The van der Waals surface area contributed by atoms with Crippen molar-refractivity contribution >= 4 is 45.0 Å². The lowest BCUT2D eigenvalue weighted by Crippen LogP contribution is -2.49. The van der Waals surface area contributed by atoms with Gasteiger partial charge in [0.15, 0.2) is 0 Å². The van der Waals surface area contributed by atoms with Crippen molar-refractivity contribution < 1.29 is 8.42 Å². The number of rotatable bonds is 4. The van der Waals surface area contributed by atoms with Crippen molar-refractivity contribution in [3.8, 4) is 0 Å². The second kappa shape index (κ2) is 8.02. The standard InChI is InChI=1S/C18H21Cl2N5O2S/c19-14-3-4-15(20)16(13-14)28(26,27)25-11-9-23(10-12-25)17-5-6-21-18(22-17)24-7-1-2-8-24/h3-6,13H,1-2,7-12H2. The molecule has 0 saturated carbocycles. The van der Waals surface area contributed by atoms with Gasteiger partial charge in [-0.25, -0.2) is 13.4 Å². The Balaban J connectivity index is 1.47. The molecule has 2 aliphatic rings. The molecule has 1 aromatic heterocycles. The van der Waals surface area contributed by atoms with Crippen LogP contribution in [0.5, 0.6) is 0 Å². The Morgan fingerprint density at radius 3 is 2.32 bits per heavy atom. The van der Waals surface area contributed by atoms with Crippen LogP contribution in [0.4, 0.5) is 11.8 Å². The van der Waals surface area contributed by atoms with E-state index in [0.29, 0.717) is 31.2 Å². The van der Waals surface area contributed by atoms with Gasteiger partial charge in [-0.05, 0) is 37.1 Å². The molecule has 0 N–H and O–H groups in total. The lowest BCUT2D eigenvalue weighted by Gasteiger charge is -2.35. The summed E-state index contributed by atoms with van der Waals surface area (Å²) < 4.78 is 27.4. The quantitative estimate of drug-likeness (QED) is 0.726. The molecule has 2 fully saturated rings. The normalized spacial score (nSPS) is 18.6. The fourth-order valence-electron chi connectivity index (χ4n) is 3.56. The van der Waals surface area contributed by atoms with Crippen LogP contribution in [0, 0.1) is 0 Å². The minimum Gasteiger partial charge on any atom is -0.354 e. The summed E-state index contributed by atoms with van der Waals surface area (Å²) in [6, 6.07) is 6.36. The summed E-state index contributed by atoms with van der Waals surface area (Å²) in [6.07, 6.45) is 4.09. The van der Waals surface area contributed by atoms with Crippen LogP contribution < -0.4 is 9.80 Å².